The molecule has 0 radical (unpaired) electrons. The van der Waals surface area contributed by atoms with Crippen LogP contribution in [0.5, 0.6) is 0 Å². The van der Waals surface area contributed by atoms with Crippen LogP contribution in [0.15, 0.2) is 22.8 Å². The van der Waals surface area contributed by atoms with Gasteiger partial charge in [0.25, 0.3) is 0 Å². The SMILES string of the molecule is NC(=O)C(Cc1ccco1)NC(=O)CCl. The zero-order valence-electron chi connectivity index (χ0n) is 7.90. The minimum atomic E-state index is -0.789. The number of nitrogens with two attached hydrogens (primary N) is 1. The maximum absolute atomic E-state index is 11.0. The first-order valence-corrected chi connectivity index (χ1v) is 4.84. The van der Waals surface area contributed by atoms with Crippen LogP contribution in [0.1, 0.15) is 5.76 Å². The summed E-state index contributed by atoms with van der Waals surface area (Å²) in [5.41, 5.74) is 5.12. The third-order valence-electron chi connectivity index (χ3n) is 1.79. The second-order valence-corrected chi connectivity index (χ2v) is 3.21. The highest BCUT2D eigenvalue weighted by Gasteiger charge is 2.19. The van der Waals surface area contributed by atoms with E-state index in [1.165, 1.54) is 6.26 Å². The average Bonchev–Trinajstić information content (AvgIpc) is 2.69. The molecule has 15 heavy (non-hydrogen) atoms. The van der Waals surface area contributed by atoms with Crippen molar-refractivity contribution in [2.45, 2.75) is 12.5 Å². The quantitative estimate of drug-likeness (QED) is 0.700. The number of carbonyl (C=O) groups excluding carboxylic acids is 2. The molecule has 3 N–H and O–H groups in total. The van der Waals surface area contributed by atoms with Crippen LogP contribution in [0.3, 0.4) is 0 Å². The van der Waals surface area contributed by atoms with Gasteiger partial charge in [-0.1, -0.05) is 0 Å². The molecular weight excluding hydrogens is 220 g/mol. The van der Waals surface area contributed by atoms with Crippen molar-refractivity contribution in [3.05, 3.63) is 24.2 Å². The highest BCUT2D eigenvalue weighted by molar-refractivity contribution is 6.27. The molecule has 0 aliphatic heterocycles. The standard InChI is InChI=1S/C9H11ClN2O3/c10-5-8(13)12-7(9(11)14)4-6-2-1-3-15-6/h1-3,7H,4-5H2,(H2,11,14)(H,12,13). The Hall–Kier alpha value is -1.49. The Morgan fingerprint density at radius 3 is 2.80 bits per heavy atom. The van der Waals surface area contributed by atoms with Crippen LogP contribution < -0.4 is 11.1 Å². The first-order valence-electron chi connectivity index (χ1n) is 4.30. The molecule has 0 fully saturated rings. The van der Waals surface area contributed by atoms with E-state index in [2.05, 4.69) is 5.32 Å². The summed E-state index contributed by atoms with van der Waals surface area (Å²) in [4.78, 5) is 22.0. The molecule has 0 saturated heterocycles. The molecule has 1 aromatic rings. The molecule has 1 unspecified atom stereocenters. The Labute approximate surface area is 91.6 Å². The van der Waals surface area contributed by atoms with Crippen LogP contribution >= 0.6 is 11.6 Å². The van der Waals surface area contributed by atoms with E-state index in [0.717, 1.165) is 0 Å². The maximum atomic E-state index is 11.0. The van der Waals surface area contributed by atoms with Gasteiger partial charge in [0.05, 0.1) is 6.26 Å². The minimum absolute atomic E-state index is 0.206. The third-order valence-corrected chi connectivity index (χ3v) is 2.03. The maximum Gasteiger partial charge on any atom is 0.240 e. The summed E-state index contributed by atoms with van der Waals surface area (Å²) in [7, 11) is 0. The number of halogens is 1. The third kappa shape index (κ3) is 3.63. The summed E-state index contributed by atoms with van der Waals surface area (Å²) in [5, 5.41) is 2.40. The van der Waals surface area contributed by atoms with Crippen LogP contribution in [-0.4, -0.2) is 23.7 Å². The number of alkyl halides is 1. The topological polar surface area (TPSA) is 85.3 Å². The molecule has 0 saturated carbocycles. The zero-order chi connectivity index (χ0) is 11.3. The summed E-state index contributed by atoms with van der Waals surface area (Å²) in [6.45, 7) is 0. The molecule has 2 amide bonds. The average molecular weight is 231 g/mol. The van der Waals surface area contributed by atoms with Gasteiger partial charge in [-0.15, -0.1) is 11.6 Å². The normalized spacial score (nSPS) is 12.1. The fourth-order valence-corrected chi connectivity index (χ4v) is 1.16. The largest absolute Gasteiger partial charge is 0.469 e. The number of hydrogen-bond donors (Lipinski definition) is 2. The van der Waals surface area contributed by atoms with Crippen molar-refractivity contribution in [3.8, 4) is 0 Å². The van der Waals surface area contributed by atoms with Gasteiger partial charge in [-0.05, 0) is 12.1 Å². The Morgan fingerprint density at radius 1 is 1.60 bits per heavy atom. The Bertz CT molecular complexity index is 337. The number of rotatable bonds is 5. The Morgan fingerprint density at radius 2 is 2.33 bits per heavy atom. The van der Waals surface area contributed by atoms with E-state index in [1.807, 2.05) is 0 Å². The number of nitrogens with one attached hydrogen (secondary N) is 1. The van der Waals surface area contributed by atoms with Gasteiger partial charge >= 0.3 is 0 Å². The lowest BCUT2D eigenvalue weighted by Crippen LogP contribution is -2.46. The van der Waals surface area contributed by atoms with Crippen molar-refractivity contribution in [1.29, 1.82) is 0 Å². The van der Waals surface area contributed by atoms with E-state index in [9.17, 15) is 9.59 Å². The smallest absolute Gasteiger partial charge is 0.240 e. The summed E-state index contributed by atoms with van der Waals surface area (Å²) in [6, 6.07) is 2.60. The number of carbonyl (C=O) groups is 2. The number of furan rings is 1. The molecule has 0 aliphatic carbocycles. The van der Waals surface area contributed by atoms with Gasteiger partial charge in [0.15, 0.2) is 0 Å². The second-order valence-electron chi connectivity index (χ2n) is 2.94. The molecule has 0 aliphatic rings. The lowest BCUT2D eigenvalue weighted by Gasteiger charge is -2.12. The van der Waals surface area contributed by atoms with Gasteiger partial charge in [0.2, 0.25) is 11.8 Å². The summed E-state index contributed by atoms with van der Waals surface area (Å²) in [6.07, 6.45) is 1.71. The van der Waals surface area contributed by atoms with Gasteiger partial charge in [-0.25, -0.2) is 0 Å². The van der Waals surface area contributed by atoms with Crippen LogP contribution in [0.2, 0.25) is 0 Å². The predicted molar refractivity (Wildman–Crippen MR) is 54.3 cm³/mol. The molecule has 0 bridgehead atoms. The van der Waals surface area contributed by atoms with Crippen molar-refractivity contribution in [2.75, 3.05) is 5.88 Å². The molecular formula is C9H11ClN2O3. The van der Waals surface area contributed by atoms with Gasteiger partial charge < -0.3 is 15.5 Å². The summed E-state index contributed by atoms with van der Waals surface area (Å²) in [5.74, 6) is -0.687. The van der Waals surface area contributed by atoms with Crippen LogP contribution in [0.4, 0.5) is 0 Å². The van der Waals surface area contributed by atoms with E-state index >= 15 is 0 Å². The van der Waals surface area contributed by atoms with Crippen molar-refractivity contribution >= 4 is 23.4 Å². The van der Waals surface area contributed by atoms with Crippen LogP contribution in [0, 0.1) is 0 Å². The molecule has 1 aromatic heterocycles. The predicted octanol–water partition coefficient (Wildman–Crippen LogP) is 0.0310. The van der Waals surface area contributed by atoms with Gasteiger partial charge in [-0.2, -0.15) is 0 Å². The van der Waals surface area contributed by atoms with Crippen molar-refractivity contribution < 1.29 is 14.0 Å². The number of hydrogen-bond acceptors (Lipinski definition) is 3. The molecule has 1 atom stereocenters. The Balaban J connectivity index is 2.59. The Kier molecular flexibility index (Phi) is 4.17. The summed E-state index contributed by atoms with van der Waals surface area (Å²) >= 11 is 5.30. The number of amides is 2. The van der Waals surface area contributed by atoms with E-state index in [-0.39, 0.29) is 12.3 Å². The van der Waals surface area contributed by atoms with Crippen LogP contribution in [0.25, 0.3) is 0 Å². The van der Waals surface area contributed by atoms with Crippen molar-refractivity contribution in [3.63, 3.8) is 0 Å². The van der Waals surface area contributed by atoms with E-state index < -0.39 is 17.9 Å². The van der Waals surface area contributed by atoms with Crippen molar-refractivity contribution in [2.24, 2.45) is 5.73 Å². The number of primary amides is 1. The van der Waals surface area contributed by atoms with E-state index in [4.69, 9.17) is 21.8 Å². The molecule has 0 spiro atoms. The first kappa shape index (κ1) is 11.6. The molecule has 0 aromatic carbocycles. The second kappa shape index (κ2) is 5.41. The van der Waals surface area contributed by atoms with Crippen LogP contribution in [-0.2, 0) is 16.0 Å². The lowest BCUT2D eigenvalue weighted by atomic mass is 10.1. The van der Waals surface area contributed by atoms with Gasteiger partial charge in [0.1, 0.15) is 17.7 Å². The molecule has 6 heteroatoms. The van der Waals surface area contributed by atoms with E-state index in [1.54, 1.807) is 12.1 Å². The molecule has 82 valence electrons. The molecule has 5 nitrogen and oxygen atoms in total. The highest BCUT2D eigenvalue weighted by atomic mass is 35.5. The molecule has 1 heterocycles. The zero-order valence-corrected chi connectivity index (χ0v) is 8.66. The lowest BCUT2D eigenvalue weighted by molar-refractivity contribution is -0.126. The summed E-state index contributed by atoms with van der Waals surface area (Å²) < 4.78 is 5.04. The van der Waals surface area contributed by atoms with E-state index in [0.29, 0.717) is 5.76 Å². The molecule has 1 rings (SSSR count). The first-order chi connectivity index (χ1) is 7.13. The fourth-order valence-electron chi connectivity index (χ4n) is 1.09. The van der Waals surface area contributed by atoms with Crippen molar-refractivity contribution in [1.82, 2.24) is 5.32 Å². The van der Waals surface area contributed by atoms with Gasteiger partial charge in [-0.3, -0.25) is 9.59 Å². The highest BCUT2D eigenvalue weighted by Crippen LogP contribution is 2.04. The minimum Gasteiger partial charge on any atom is -0.469 e. The monoisotopic (exact) mass is 230 g/mol. The fraction of sp³-hybridized carbons (Fsp3) is 0.333. The van der Waals surface area contributed by atoms with Gasteiger partial charge in [0, 0.05) is 6.42 Å².